The largest absolute Gasteiger partial charge is 0.453 e. The van der Waals surface area contributed by atoms with Gasteiger partial charge in [-0.3, -0.25) is 9.59 Å². The molecule has 0 spiro atoms. The van der Waals surface area contributed by atoms with Gasteiger partial charge < -0.3 is 9.47 Å². The zero-order valence-corrected chi connectivity index (χ0v) is 14.4. The van der Waals surface area contributed by atoms with Gasteiger partial charge >= 0.3 is 11.9 Å². The normalized spacial score (nSPS) is 13.0. The summed E-state index contributed by atoms with van der Waals surface area (Å²) in [6.45, 7) is 6.66. The van der Waals surface area contributed by atoms with Crippen LogP contribution in [0.4, 0.5) is 0 Å². The van der Waals surface area contributed by atoms with E-state index in [-0.39, 0.29) is 0 Å². The lowest BCUT2D eigenvalue weighted by molar-refractivity contribution is -0.166. The van der Waals surface area contributed by atoms with E-state index in [0.29, 0.717) is 0 Å². The van der Waals surface area contributed by atoms with Crippen molar-refractivity contribution in [1.82, 2.24) is 0 Å². The summed E-state index contributed by atoms with van der Waals surface area (Å²) in [6, 6.07) is 15.3. The molecule has 24 heavy (non-hydrogen) atoms. The van der Waals surface area contributed by atoms with Crippen molar-refractivity contribution in [2.45, 2.75) is 39.9 Å². The fourth-order valence-corrected chi connectivity index (χ4v) is 2.48. The van der Waals surface area contributed by atoms with E-state index in [1.165, 1.54) is 13.8 Å². The fourth-order valence-electron chi connectivity index (χ4n) is 2.48. The zero-order valence-electron chi connectivity index (χ0n) is 14.4. The lowest BCUT2D eigenvalue weighted by atomic mass is 9.96. The number of carbonyl (C=O) groups excluding carboxylic acids is 2. The molecule has 0 aliphatic heterocycles. The number of esters is 2. The first-order valence-corrected chi connectivity index (χ1v) is 7.84. The molecule has 2 atom stereocenters. The van der Waals surface area contributed by atoms with Crippen molar-refractivity contribution in [1.29, 1.82) is 0 Å². The van der Waals surface area contributed by atoms with Crippen LogP contribution in [0.15, 0.2) is 48.5 Å². The minimum atomic E-state index is -0.699. The second-order valence-corrected chi connectivity index (χ2v) is 5.88. The summed E-state index contributed by atoms with van der Waals surface area (Å²) >= 11 is 0. The first kappa shape index (κ1) is 17.7. The zero-order chi connectivity index (χ0) is 17.7. The Hall–Kier alpha value is -2.62. The molecule has 2 aromatic carbocycles. The van der Waals surface area contributed by atoms with Crippen molar-refractivity contribution < 1.29 is 19.1 Å². The van der Waals surface area contributed by atoms with Crippen LogP contribution in [0.5, 0.6) is 0 Å². The molecule has 0 saturated heterocycles. The molecule has 0 bridgehead atoms. The molecule has 4 heteroatoms. The molecule has 0 saturated carbocycles. The number of rotatable bonds is 5. The molecule has 2 unspecified atom stereocenters. The monoisotopic (exact) mass is 326 g/mol. The van der Waals surface area contributed by atoms with E-state index in [9.17, 15) is 9.59 Å². The smallest absolute Gasteiger partial charge is 0.303 e. The number of ether oxygens (including phenoxy) is 2. The maximum atomic E-state index is 11.6. The van der Waals surface area contributed by atoms with Gasteiger partial charge in [0.1, 0.15) is 0 Å². The van der Waals surface area contributed by atoms with Crippen LogP contribution >= 0.6 is 0 Å². The molecule has 2 aromatic rings. The Morgan fingerprint density at radius 1 is 0.667 bits per heavy atom. The number of hydrogen-bond donors (Lipinski definition) is 0. The molecule has 4 nitrogen and oxygen atoms in total. The topological polar surface area (TPSA) is 52.6 Å². The molecule has 0 aliphatic rings. The highest BCUT2D eigenvalue weighted by Crippen LogP contribution is 2.35. The van der Waals surface area contributed by atoms with Gasteiger partial charge in [-0.2, -0.15) is 0 Å². The van der Waals surface area contributed by atoms with Crippen molar-refractivity contribution in [2.24, 2.45) is 0 Å². The van der Waals surface area contributed by atoms with Gasteiger partial charge in [0.05, 0.1) is 0 Å². The Bertz CT molecular complexity index is 638. The number of benzene rings is 2. The Labute approximate surface area is 142 Å². The van der Waals surface area contributed by atoms with E-state index in [0.717, 1.165) is 22.3 Å². The van der Waals surface area contributed by atoms with Crippen LogP contribution in [0.3, 0.4) is 0 Å². The highest BCUT2D eigenvalue weighted by molar-refractivity contribution is 5.68. The van der Waals surface area contributed by atoms with Crippen molar-refractivity contribution in [3.63, 3.8) is 0 Å². The number of carbonyl (C=O) groups is 2. The van der Waals surface area contributed by atoms with E-state index in [2.05, 4.69) is 0 Å². The van der Waals surface area contributed by atoms with Crippen molar-refractivity contribution in [2.75, 3.05) is 0 Å². The summed E-state index contributed by atoms with van der Waals surface area (Å²) in [5.41, 5.74) is 3.75. The third kappa shape index (κ3) is 4.69. The van der Waals surface area contributed by atoms with Gasteiger partial charge in [-0.05, 0) is 25.0 Å². The Kier molecular flexibility index (Phi) is 5.74. The summed E-state index contributed by atoms with van der Waals surface area (Å²) in [5.74, 6) is -0.852. The molecule has 0 aromatic heterocycles. The van der Waals surface area contributed by atoms with Gasteiger partial charge in [0.15, 0.2) is 12.2 Å². The SMILES string of the molecule is CC(=O)OC(c1ccc(C)cc1)C(OC(C)=O)c1ccc(C)cc1. The summed E-state index contributed by atoms with van der Waals surface area (Å²) in [4.78, 5) is 23.2. The molecular formula is C20H22O4. The second-order valence-electron chi connectivity index (χ2n) is 5.88. The minimum Gasteiger partial charge on any atom is -0.453 e. The Morgan fingerprint density at radius 3 is 1.21 bits per heavy atom. The van der Waals surface area contributed by atoms with Gasteiger partial charge in [-0.1, -0.05) is 59.7 Å². The van der Waals surface area contributed by atoms with Crippen LogP contribution in [0.1, 0.15) is 48.3 Å². The first-order chi connectivity index (χ1) is 11.4. The van der Waals surface area contributed by atoms with Gasteiger partial charge in [0.25, 0.3) is 0 Å². The Balaban J connectivity index is 2.46. The molecule has 0 radical (unpaired) electrons. The average molecular weight is 326 g/mol. The average Bonchev–Trinajstić information content (AvgIpc) is 2.52. The number of hydrogen-bond acceptors (Lipinski definition) is 4. The lowest BCUT2D eigenvalue weighted by Crippen LogP contribution is -2.21. The van der Waals surface area contributed by atoms with Gasteiger partial charge in [0, 0.05) is 13.8 Å². The van der Waals surface area contributed by atoms with Crippen LogP contribution in [0, 0.1) is 13.8 Å². The molecule has 0 aliphatic carbocycles. The van der Waals surface area contributed by atoms with Crippen LogP contribution < -0.4 is 0 Å². The van der Waals surface area contributed by atoms with E-state index in [1.807, 2.05) is 62.4 Å². The maximum absolute atomic E-state index is 11.6. The lowest BCUT2D eigenvalue weighted by Gasteiger charge is -2.27. The fraction of sp³-hybridized carbons (Fsp3) is 0.300. The van der Waals surface area contributed by atoms with Gasteiger partial charge in [-0.15, -0.1) is 0 Å². The minimum absolute atomic E-state index is 0.426. The molecule has 2 rings (SSSR count). The van der Waals surface area contributed by atoms with Gasteiger partial charge in [-0.25, -0.2) is 0 Å². The Morgan fingerprint density at radius 2 is 0.958 bits per heavy atom. The third-order valence-electron chi connectivity index (χ3n) is 3.67. The van der Waals surface area contributed by atoms with Crippen LogP contribution in [-0.2, 0) is 19.1 Å². The van der Waals surface area contributed by atoms with E-state index >= 15 is 0 Å². The van der Waals surface area contributed by atoms with Crippen LogP contribution in [0.2, 0.25) is 0 Å². The predicted octanol–water partition coefficient (Wildman–Crippen LogP) is 4.21. The summed E-state index contributed by atoms with van der Waals surface area (Å²) in [7, 11) is 0. The molecule has 0 N–H and O–H groups in total. The molecule has 0 amide bonds. The summed E-state index contributed by atoms with van der Waals surface area (Å²) in [5, 5.41) is 0. The van der Waals surface area contributed by atoms with Crippen molar-refractivity contribution >= 4 is 11.9 Å². The van der Waals surface area contributed by atoms with E-state index < -0.39 is 24.1 Å². The highest BCUT2D eigenvalue weighted by Gasteiger charge is 2.30. The van der Waals surface area contributed by atoms with E-state index in [4.69, 9.17) is 9.47 Å². The van der Waals surface area contributed by atoms with Gasteiger partial charge in [0.2, 0.25) is 0 Å². The standard InChI is InChI=1S/C20H22O4/c1-13-5-9-17(10-6-13)19(23-15(3)21)20(24-16(4)22)18-11-7-14(2)8-12-18/h5-12,19-20H,1-4H3. The summed E-state index contributed by atoms with van der Waals surface area (Å²) < 4.78 is 11.0. The van der Waals surface area contributed by atoms with Crippen LogP contribution in [-0.4, -0.2) is 11.9 Å². The third-order valence-corrected chi connectivity index (χ3v) is 3.67. The number of aryl methyl sites for hydroxylation is 2. The first-order valence-electron chi connectivity index (χ1n) is 7.84. The quantitative estimate of drug-likeness (QED) is 0.772. The molecule has 0 heterocycles. The highest BCUT2D eigenvalue weighted by atomic mass is 16.6. The van der Waals surface area contributed by atoms with Crippen molar-refractivity contribution in [3.05, 3.63) is 70.8 Å². The second kappa shape index (κ2) is 7.77. The molecular weight excluding hydrogens is 304 g/mol. The molecule has 126 valence electrons. The van der Waals surface area contributed by atoms with E-state index in [1.54, 1.807) is 0 Å². The predicted molar refractivity (Wildman–Crippen MR) is 91.4 cm³/mol. The van der Waals surface area contributed by atoms with Crippen LogP contribution in [0.25, 0.3) is 0 Å². The van der Waals surface area contributed by atoms with Crippen molar-refractivity contribution in [3.8, 4) is 0 Å². The summed E-state index contributed by atoms with van der Waals surface area (Å²) in [6.07, 6.45) is -1.40. The molecule has 0 fully saturated rings. The maximum Gasteiger partial charge on any atom is 0.303 e.